The van der Waals surface area contributed by atoms with E-state index in [1.807, 2.05) is 29.0 Å². The molecule has 1 unspecified atom stereocenters. The molecule has 178 valence electrons. The molecule has 0 bridgehead atoms. The van der Waals surface area contributed by atoms with Crippen molar-refractivity contribution >= 4 is 32.6 Å². The van der Waals surface area contributed by atoms with Gasteiger partial charge in [0.25, 0.3) is 5.56 Å². The molecular weight excluding hydrogens is 434 g/mol. The molecule has 5 rings (SSSR count). The summed E-state index contributed by atoms with van der Waals surface area (Å²) in [4.78, 5) is 20.9. The van der Waals surface area contributed by atoms with Gasteiger partial charge < -0.3 is 28.4 Å². The second-order valence-electron chi connectivity index (χ2n) is 8.69. The lowest BCUT2D eigenvalue weighted by Crippen LogP contribution is -2.34. The molecule has 0 saturated carbocycles. The van der Waals surface area contributed by atoms with Crippen LogP contribution in [0.1, 0.15) is 20.3 Å². The molecule has 0 saturated heterocycles. The number of aromatic nitrogens is 2. The van der Waals surface area contributed by atoms with Gasteiger partial charge in [0.2, 0.25) is 6.79 Å². The third-order valence-corrected chi connectivity index (χ3v) is 6.91. The highest BCUT2D eigenvalue weighted by molar-refractivity contribution is 6.15. The van der Waals surface area contributed by atoms with E-state index in [2.05, 4.69) is 25.8 Å². The molecule has 2 aromatic heterocycles. The molecule has 0 fully saturated rings. The smallest absolute Gasteiger partial charge is 0.259 e. The molecule has 1 aliphatic rings. The summed E-state index contributed by atoms with van der Waals surface area (Å²) < 4.78 is 24.1. The maximum atomic E-state index is 13.9. The van der Waals surface area contributed by atoms with E-state index >= 15 is 0 Å². The molecule has 0 aliphatic carbocycles. The minimum absolute atomic E-state index is 0.0776. The topological polar surface area (TPSA) is 75.1 Å². The van der Waals surface area contributed by atoms with Gasteiger partial charge >= 0.3 is 0 Å². The van der Waals surface area contributed by atoms with Crippen LogP contribution < -0.4 is 24.5 Å². The summed E-state index contributed by atoms with van der Waals surface area (Å²) in [5, 5.41) is 3.06. The highest BCUT2D eigenvalue weighted by Gasteiger charge is 2.21. The lowest BCUT2D eigenvalue weighted by Gasteiger charge is -2.24. The van der Waals surface area contributed by atoms with E-state index < -0.39 is 0 Å². The molecule has 0 spiro atoms. The van der Waals surface area contributed by atoms with Crippen molar-refractivity contribution in [2.45, 2.75) is 32.9 Å². The fraction of sp³-hybridized carbons (Fsp3) is 0.385. The SMILES string of the molecule is CCC(C)N(C)CCn1c(=O)c2cc(OC)c(OC)cc2c2cnc3cc4c(cc3c21)OCO4. The third-order valence-electron chi connectivity index (χ3n) is 6.91. The predicted octanol–water partition coefficient (Wildman–Crippen LogP) is 4.18. The van der Waals surface area contributed by atoms with E-state index in [1.54, 1.807) is 20.3 Å². The molecule has 1 atom stereocenters. The standard InChI is InChI=1S/C26H29N3O5/c1-6-15(2)28(3)7-8-29-25-18-11-23-24(34-14-33-23)12-20(18)27-13-19(25)16-9-21(31-4)22(32-5)10-17(16)26(29)30/h9-13,15H,6-8,14H2,1-5H3. The Bertz CT molecular complexity index is 1460. The highest BCUT2D eigenvalue weighted by Crippen LogP contribution is 2.40. The molecule has 3 heterocycles. The Morgan fingerprint density at radius 1 is 1.03 bits per heavy atom. The minimum atomic E-state index is -0.0776. The van der Waals surface area contributed by atoms with Crippen LogP contribution in [0, 0.1) is 0 Å². The summed E-state index contributed by atoms with van der Waals surface area (Å²) >= 11 is 0. The minimum Gasteiger partial charge on any atom is -0.493 e. The van der Waals surface area contributed by atoms with Gasteiger partial charge in [0.15, 0.2) is 23.0 Å². The van der Waals surface area contributed by atoms with Crippen molar-refractivity contribution in [2.75, 3.05) is 34.6 Å². The van der Waals surface area contributed by atoms with E-state index in [0.717, 1.165) is 40.2 Å². The number of pyridine rings is 2. The fourth-order valence-electron chi connectivity index (χ4n) is 4.58. The Morgan fingerprint density at radius 3 is 2.38 bits per heavy atom. The number of fused-ring (bicyclic) bond motifs is 6. The van der Waals surface area contributed by atoms with Gasteiger partial charge in [-0.15, -0.1) is 0 Å². The average molecular weight is 464 g/mol. The van der Waals surface area contributed by atoms with Gasteiger partial charge in [-0.25, -0.2) is 0 Å². The number of hydrogen-bond acceptors (Lipinski definition) is 7. The van der Waals surface area contributed by atoms with Crippen LogP contribution in [0.3, 0.4) is 0 Å². The van der Waals surface area contributed by atoms with Gasteiger partial charge in [-0.2, -0.15) is 0 Å². The summed E-state index contributed by atoms with van der Waals surface area (Å²) in [6.07, 6.45) is 2.86. The maximum Gasteiger partial charge on any atom is 0.259 e. The van der Waals surface area contributed by atoms with Crippen LogP contribution in [0.2, 0.25) is 0 Å². The lowest BCUT2D eigenvalue weighted by atomic mass is 10.0. The summed E-state index contributed by atoms with van der Waals surface area (Å²) in [7, 11) is 5.25. The second-order valence-corrected chi connectivity index (χ2v) is 8.69. The third kappa shape index (κ3) is 3.49. The summed E-state index contributed by atoms with van der Waals surface area (Å²) in [6, 6.07) is 7.83. The molecule has 2 aromatic carbocycles. The van der Waals surface area contributed by atoms with Crippen molar-refractivity contribution in [2.24, 2.45) is 0 Å². The Hall–Kier alpha value is -3.52. The predicted molar refractivity (Wildman–Crippen MR) is 133 cm³/mol. The van der Waals surface area contributed by atoms with E-state index in [9.17, 15) is 4.79 Å². The molecule has 0 radical (unpaired) electrons. The van der Waals surface area contributed by atoms with Crippen LogP contribution in [0.25, 0.3) is 32.6 Å². The first-order chi connectivity index (χ1) is 16.5. The van der Waals surface area contributed by atoms with Gasteiger partial charge in [-0.1, -0.05) is 6.92 Å². The van der Waals surface area contributed by atoms with Crippen molar-refractivity contribution in [1.82, 2.24) is 14.5 Å². The van der Waals surface area contributed by atoms with Gasteiger partial charge in [0.05, 0.1) is 30.6 Å². The van der Waals surface area contributed by atoms with Gasteiger partial charge in [0, 0.05) is 47.6 Å². The molecular formula is C26H29N3O5. The van der Waals surface area contributed by atoms with Crippen LogP contribution in [0.15, 0.2) is 35.3 Å². The van der Waals surface area contributed by atoms with Gasteiger partial charge in [-0.3, -0.25) is 9.78 Å². The van der Waals surface area contributed by atoms with Gasteiger partial charge in [0.1, 0.15) is 0 Å². The van der Waals surface area contributed by atoms with Gasteiger partial charge in [-0.05, 0) is 38.6 Å². The van der Waals surface area contributed by atoms with Crippen LogP contribution in [-0.4, -0.2) is 55.1 Å². The zero-order chi connectivity index (χ0) is 24.0. The quantitative estimate of drug-likeness (QED) is 0.381. The summed E-state index contributed by atoms with van der Waals surface area (Å²) in [5.41, 5.74) is 1.50. The van der Waals surface area contributed by atoms with Crippen molar-refractivity contribution in [1.29, 1.82) is 0 Å². The Balaban J connectivity index is 1.84. The largest absolute Gasteiger partial charge is 0.493 e. The molecule has 4 aromatic rings. The molecule has 8 heteroatoms. The first-order valence-electron chi connectivity index (χ1n) is 11.5. The van der Waals surface area contributed by atoms with E-state index in [-0.39, 0.29) is 12.4 Å². The first-order valence-corrected chi connectivity index (χ1v) is 11.5. The number of ether oxygens (including phenoxy) is 4. The van der Waals surface area contributed by atoms with Crippen LogP contribution >= 0.6 is 0 Å². The van der Waals surface area contributed by atoms with Crippen LogP contribution in [-0.2, 0) is 6.54 Å². The van der Waals surface area contributed by atoms with E-state index in [4.69, 9.17) is 23.9 Å². The van der Waals surface area contributed by atoms with Crippen molar-refractivity contribution in [3.05, 3.63) is 40.8 Å². The van der Waals surface area contributed by atoms with Crippen molar-refractivity contribution in [3.63, 3.8) is 0 Å². The molecule has 0 amide bonds. The van der Waals surface area contributed by atoms with Crippen LogP contribution in [0.4, 0.5) is 0 Å². The summed E-state index contributed by atoms with van der Waals surface area (Å²) in [5.74, 6) is 2.41. The Morgan fingerprint density at radius 2 is 1.71 bits per heavy atom. The Labute approximate surface area is 197 Å². The molecule has 34 heavy (non-hydrogen) atoms. The van der Waals surface area contributed by atoms with Crippen molar-refractivity contribution in [3.8, 4) is 23.0 Å². The van der Waals surface area contributed by atoms with Crippen LogP contribution in [0.5, 0.6) is 23.0 Å². The highest BCUT2D eigenvalue weighted by atomic mass is 16.7. The normalized spacial score (nSPS) is 13.8. The number of benzene rings is 2. The first kappa shape index (κ1) is 22.3. The zero-order valence-electron chi connectivity index (χ0n) is 20.2. The van der Waals surface area contributed by atoms with Crippen molar-refractivity contribution < 1.29 is 18.9 Å². The molecule has 0 N–H and O–H groups in total. The van der Waals surface area contributed by atoms with E-state index in [1.165, 1.54) is 0 Å². The average Bonchev–Trinajstić information content (AvgIpc) is 3.32. The monoisotopic (exact) mass is 463 g/mol. The number of methoxy groups -OCH3 is 2. The number of rotatable bonds is 7. The lowest BCUT2D eigenvalue weighted by molar-refractivity contribution is 0.174. The maximum absolute atomic E-state index is 13.9. The number of hydrogen-bond donors (Lipinski definition) is 0. The zero-order valence-corrected chi connectivity index (χ0v) is 20.2. The summed E-state index contributed by atoms with van der Waals surface area (Å²) in [6.45, 7) is 5.81. The fourth-order valence-corrected chi connectivity index (χ4v) is 4.58. The number of likely N-dealkylation sites (N-methyl/N-ethyl adjacent to an activating group) is 1. The Kier molecular flexibility index (Phi) is 5.69. The molecule has 1 aliphatic heterocycles. The second kappa shape index (κ2) is 8.68. The number of nitrogens with zero attached hydrogens (tertiary/aromatic N) is 3. The molecule has 8 nitrogen and oxygen atoms in total. The van der Waals surface area contributed by atoms with E-state index in [0.29, 0.717) is 41.0 Å².